The van der Waals surface area contributed by atoms with Crippen LogP contribution in [0.25, 0.3) is 16.2 Å². The Balaban J connectivity index is 1.53. The molecule has 6 nitrogen and oxygen atoms in total. The van der Waals surface area contributed by atoms with E-state index in [0.717, 1.165) is 28.5 Å². The molecule has 1 amide bonds. The molecule has 3 aromatic rings. The van der Waals surface area contributed by atoms with E-state index in [2.05, 4.69) is 5.32 Å². The van der Waals surface area contributed by atoms with E-state index in [4.69, 9.17) is 14.2 Å². The van der Waals surface area contributed by atoms with Crippen LogP contribution in [-0.4, -0.2) is 25.3 Å². The van der Waals surface area contributed by atoms with Crippen molar-refractivity contribution >= 4 is 44.4 Å². The Bertz CT molecular complexity index is 1120. The number of ether oxygens (including phenoxy) is 3. The van der Waals surface area contributed by atoms with Crippen molar-refractivity contribution in [2.24, 2.45) is 0 Å². The second-order valence-electron chi connectivity index (χ2n) is 6.73. The molecule has 4 rings (SSSR count). The molecule has 7 heteroatoms. The molecule has 1 aliphatic rings. The second kappa shape index (κ2) is 9.00. The third-order valence-electron chi connectivity index (χ3n) is 4.59. The molecule has 1 aliphatic heterocycles. The van der Waals surface area contributed by atoms with E-state index in [0.29, 0.717) is 28.7 Å². The summed E-state index contributed by atoms with van der Waals surface area (Å²) in [5.74, 6) is 0.588. The second-order valence-corrected chi connectivity index (χ2v) is 7.78. The largest absolute Gasteiger partial charge is 0.462 e. The van der Waals surface area contributed by atoms with Gasteiger partial charge in [-0.1, -0.05) is 37.6 Å². The van der Waals surface area contributed by atoms with Gasteiger partial charge < -0.3 is 19.5 Å². The fourth-order valence-electron chi connectivity index (χ4n) is 3.06. The van der Waals surface area contributed by atoms with Crippen LogP contribution in [0.1, 0.15) is 35.7 Å². The van der Waals surface area contributed by atoms with Gasteiger partial charge in [0.25, 0.3) is 0 Å². The number of rotatable bonds is 7. The summed E-state index contributed by atoms with van der Waals surface area (Å²) in [4.78, 5) is 25.2. The van der Waals surface area contributed by atoms with Gasteiger partial charge in [0, 0.05) is 16.2 Å². The molecule has 154 valence electrons. The first-order valence-electron chi connectivity index (χ1n) is 9.73. The normalized spacial score (nSPS) is 12.4. The Hall–Kier alpha value is -3.32. The molecule has 0 bridgehead atoms. The highest BCUT2D eigenvalue weighted by atomic mass is 32.1. The molecule has 0 aliphatic carbocycles. The minimum atomic E-state index is -0.420. The third-order valence-corrected chi connectivity index (χ3v) is 5.68. The molecule has 0 saturated carbocycles. The molecule has 0 atom stereocenters. The minimum absolute atomic E-state index is 0.200. The summed E-state index contributed by atoms with van der Waals surface area (Å²) in [5, 5.41) is 4.09. The Morgan fingerprint density at radius 1 is 1.17 bits per heavy atom. The number of hydrogen-bond acceptors (Lipinski definition) is 6. The van der Waals surface area contributed by atoms with Crippen LogP contribution in [-0.2, 0) is 9.53 Å². The first-order chi connectivity index (χ1) is 14.7. The van der Waals surface area contributed by atoms with Crippen LogP contribution in [0.5, 0.6) is 11.5 Å². The summed E-state index contributed by atoms with van der Waals surface area (Å²) in [6.07, 6.45) is 4.84. The maximum atomic E-state index is 12.7. The summed E-state index contributed by atoms with van der Waals surface area (Å²) in [7, 11) is 0. The molecule has 2 aromatic carbocycles. The van der Waals surface area contributed by atoms with Crippen molar-refractivity contribution in [1.29, 1.82) is 0 Å². The number of unbranched alkanes of at least 4 members (excludes halogenated alkanes) is 1. The van der Waals surface area contributed by atoms with Gasteiger partial charge in [-0.2, -0.15) is 0 Å². The van der Waals surface area contributed by atoms with Gasteiger partial charge in [-0.3, -0.25) is 4.79 Å². The van der Waals surface area contributed by atoms with Gasteiger partial charge in [0.2, 0.25) is 12.7 Å². The molecule has 2 heterocycles. The monoisotopic (exact) mass is 423 g/mol. The van der Waals surface area contributed by atoms with Gasteiger partial charge >= 0.3 is 5.97 Å². The van der Waals surface area contributed by atoms with E-state index in [9.17, 15) is 9.59 Å². The first kappa shape index (κ1) is 20.0. The van der Waals surface area contributed by atoms with Crippen LogP contribution < -0.4 is 14.8 Å². The molecule has 0 spiro atoms. The summed E-state index contributed by atoms with van der Waals surface area (Å²) in [6, 6.07) is 13.0. The zero-order valence-electron chi connectivity index (χ0n) is 16.5. The number of benzene rings is 2. The lowest BCUT2D eigenvalue weighted by Crippen LogP contribution is -2.12. The van der Waals surface area contributed by atoms with E-state index in [-0.39, 0.29) is 12.7 Å². The first-order valence-corrected chi connectivity index (χ1v) is 10.5. The predicted molar refractivity (Wildman–Crippen MR) is 117 cm³/mol. The SMILES string of the molecule is CCCCOC(=O)c1c(NC(=O)C=Cc2ccc3c(c2)OCO3)sc2ccccc12. The van der Waals surface area contributed by atoms with E-state index in [1.165, 1.54) is 17.4 Å². The molecule has 0 fully saturated rings. The fraction of sp³-hybridized carbons (Fsp3) is 0.217. The van der Waals surface area contributed by atoms with E-state index >= 15 is 0 Å². The fourth-order valence-corrected chi connectivity index (χ4v) is 4.15. The Morgan fingerprint density at radius 2 is 2.00 bits per heavy atom. The van der Waals surface area contributed by atoms with Crippen LogP contribution in [0.15, 0.2) is 48.5 Å². The molecular weight excluding hydrogens is 402 g/mol. The lowest BCUT2D eigenvalue weighted by molar-refractivity contribution is -0.111. The number of fused-ring (bicyclic) bond motifs is 2. The van der Waals surface area contributed by atoms with Gasteiger partial charge in [0.05, 0.1) is 6.61 Å². The summed E-state index contributed by atoms with van der Waals surface area (Å²) in [5.41, 5.74) is 1.21. The standard InChI is InChI=1S/C23H21NO5S/c1-2-3-12-27-23(26)21-16-6-4-5-7-19(16)30-22(21)24-20(25)11-9-15-8-10-17-18(13-15)29-14-28-17/h4-11,13H,2-3,12,14H2,1H3,(H,24,25). The predicted octanol–water partition coefficient (Wildman–Crippen LogP) is 5.24. The van der Waals surface area contributed by atoms with E-state index in [1.807, 2.05) is 43.3 Å². The van der Waals surface area contributed by atoms with Gasteiger partial charge in [0.15, 0.2) is 11.5 Å². The number of esters is 1. The summed E-state index contributed by atoms with van der Waals surface area (Å²) >= 11 is 1.35. The molecule has 0 saturated heterocycles. The van der Waals surface area contributed by atoms with Crippen LogP contribution in [0.2, 0.25) is 0 Å². The average Bonchev–Trinajstić information content (AvgIpc) is 3.36. The molecule has 1 N–H and O–H groups in total. The van der Waals surface area contributed by atoms with Crippen molar-refractivity contribution in [3.8, 4) is 11.5 Å². The highest BCUT2D eigenvalue weighted by molar-refractivity contribution is 7.23. The zero-order valence-corrected chi connectivity index (χ0v) is 17.3. The minimum Gasteiger partial charge on any atom is -0.462 e. The highest BCUT2D eigenvalue weighted by Gasteiger charge is 2.21. The molecule has 30 heavy (non-hydrogen) atoms. The number of hydrogen-bond donors (Lipinski definition) is 1. The van der Waals surface area contributed by atoms with Crippen molar-refractivity contribution in [1.82, 2.24) is 0 Å². The van der Waals surface area contributed by atoms with E-state index < -0.39 is 5.97 Å². The smallest absolute Gasteiger partial charge is 0.341 e. The van der Waals surface area contributed by atoms with Crippen molar-refractivity contribution in [3.05, 3.63) is 59.7 Å². The van der Waals surface area contributed by atoms with Gasteiger partial charge in [-0.05, 0) is 36.3 Å². The third kappa shape index (κ3) is 4.31. The maximum absolute atomic E-state index is 12.7. The van der Waals surface area contributed by atoms with Crippen LogP contribution in [0.4, 0.5) is 5.00 Å². The quantitative estimate of drug-likeness (QED) is 0.320. The van der Waals surface area contributed by atoms with Gasteiger partial charge in [-0.15, -0.1) is 11.3 Å². The highest BCUT2D eigenvalue weighted by Crippen LogP contribution is 2.36. The van der Waals surface area contributed by atoms with Crippen molar-refractivity contribution in [2.45, 2.75) is 19.8 Å². The number of thiophene rings is 1. The Morgan fingerprint density at radius 3 is 2.87 bits per heavy atom. The Labute approximate surface area is 178 Å². The van der Waals surface area contributed by atoms with Crippen LogP contribution in [0.3, 0.4) is 0 Å². The van der Waals surface area contributed by atoms with Crippen molar-refractivity contribution in [2.75, 3.05) is 18.7 Å². The number of nitrogens with one attached hydrogen (secondary N) is 1. The molecular formula is C23H21NO5S. The van der Waals surface area contributed by atoms with Crippen molar-refractivity contribution in [3.63, 3.8) is 0 Å². The lowest BCUT2D eigenvalue weighted by atomic mass is 10.1. The van der Waals surface area contributed by atoms with Crippen LogP contribution >= 0.6 is 11.3 Å². The van der Waals surface area contributed by atoms with Gasteiger partial charge in [-0.25, -0.2) is 4.79 Å². The molecule has 1 aromatic heterocycles. The Kier molecular flexibility index (Phi) is 5.99. The average molecular weight is 423 g/mol. The summed E-state index contributed by atoms with van der Waals surface area (Å²) in [6.45, 7) is 2.59. The maximum Gasteiger partial charge on any atom is 0.341 e. The van der Waals surface area contributed by atoms with Crippen molar-refractivity contribution < 1.29 is 23.8 Å². The van der Waals surface area contributed by atoms with Gasteiger partial charge in [0.1, 0.15) is 10.6 Å². The van der Waals surface area contributed by atoms with E-state index in [1.54, 1.807) is 12.1 Å². The number of carbonyl (C=O) groups is 2. The number of amides is 1. The number of anilines is 1. The molecule has 0 unspecified atom stereocenters. The number of carbonyl (C=O) groups excluding carboxylic acids is 2. The van der Waals surface area contributed by atoms with Crippen LogP contribution in [0, 0.1) is 0 Å². The molecule has 0 radical (unpaired) electrons. The topological polar surface area (TPSA) is 73.9 Å². The summed E-state index contributed by atoms with van der Waals surface area (Å²) < 4.78 is 17.0. The lowest BCUT2D eigenvalue weighted by Gasteiger charge is -2.06. The zero-order chi connectivity index (χ0) is 20.9.